The number of pyridine rings is 2. The molecule has 0 radical (unpaired) electrons. The van der Waals surface area contributed by atoms with Crippen molar-refractivity contribution in [1.29, 1.82) is 0 Å². The van der Waals surface area contributed by atoms with Crippen LogP contribution in [-0.4, -0.2) is 40.4 Å². The van der Waals surface area contributed by atoms with Crippen LogP contribution in [0, 0.1) is 13.8 Å². The first-order chi connectivity index (χ1) is 14.9. The number of aryl methyl sites for hydroxylation is 2. The van der Waals surface area contributed by atoms with Gasteiger partial charge in [-0.15, -0.1) is 0 Å². The van der Waals surface area contributed by atoms with Gasteiger partial charge in [0.2, 0.25) is 0 Å². The van der Waals surface area contributed by atoms with Crippen LogP contribution in [0.1, 0.15) is 25.2 Å². The van der Waals surface area contributed by atoms with Crippen LogP contribution in [0.2, 0.25) is 0 Å². The number of nitrogens with one attached hydrogen (secondary N) is 2. The van der Waals surface area contributed by atoms with Crippen molar-refractivity contribution in [2.24, 2.45) is 0 Å². The summed E-state index contributed by atoms with van der Waals surface area (Å²) < 4.78 is 11.6. The number of aromatic nitrogens is 2. The molecule has 7 heteroatoms. The van der Waals surface area contributed by atoms with E-state index < -0.39 is 6.10 Å². The van der Waals surface area contributed by atoms with Crippen molar-refractivity contribution in [1.82, 2.24) is 15.3 Å². The van der Waals surface area contributed by atoms with Gasteiger partial charge in [-0.2, -0.15) is 0 Å². The smallest absolute Gasteiger partial charge is 0.148 e. The largest absolute Gasteiger partial charge is 0.491 e. The van der Waals surface area contributed by atoms with E-state index in [1.165, 1.54) is 0 Å². The fourth-order valence-corrected chi connectivity index (χ4v) is 2.86. The summed E-state index contributed by atoms with van der Waals surface area (Å²) >= 11 is 0. The molecule has 0 aliphatic heterocycles. The third kappa shape index (κ3) is 7.24. The van der Waals surface area contributed by atoms with Crippen molar-refractivity contribution in [3.63, 3.8) is 0 Å². The zero-order valence-corrected chi connectivity index (χ0v) is 18.4. The number of benzene rings is 1. The van der Waals surface area contributed by atoms with Gasteiger partial charge in [-0.3, -0.25) is 4.98 Å². The summed E-state index contributed by atoms with van der Waals surface area (Å²) in [6, 6.07) is 15.3. The first-order valence-electron chi connectivity index (χ1n) is 10.4. The SMILES string of the molecule is Cc1ccc(Oc2ccnc(Nc3ccc(OCC(O)CNC(C)C)cc3)c2)c(C)n1. The molecule has 0 saturated carbocycles. The third-order valence-corrected chi connectivity index (χ3v) is 4.47. The van der Waals surface area contributed by atoms with E-state index in [1.54, 1.807) is 12.3 Å². The standard InChI is InChI=1S/C24H30N4O3/c1-16(2)26-14-20(29)15-30-21-8-6-19(7-9-21)28-24-13-22(11-12-25-24)31-23-10-5-17(3)27-18(23)4/h5-13,16,20,26,29H,14-15H2,1-4H3,(H,25,28). The highest BCUT2D eigenvalue weighted by Crippen LogP contribution is 2.26. The molecule has 0 spiro atoms. The van der Waals surface area contributed by atoms with E-state index >= 15 is 0 Å². The molecule has 0 amide bonds. The molecule has 3 rings (SSSR count). The minimum Gasteiger partial charge on any atom is -0.491 e. The van der Waals surface area contributed by atoms with Crippen LogP contribution in [0.5, 0.6) is 17.2 Å². The van der Waals surface area contributed by atoms with Crippen molar-refractivity contribution in [2.75, 3.05) is 18.5 Å². The minimum atomic E-state index is -0.556. The van der Waals surface area contributed by atoms with E-state index in [-0.39, 0.29) is 6.61 Å². The monoisotopic (exact) mass is 422 g/mol. The van der Waals surface area contributed by atoms with E-state index in [0.717, 1.165) is 22.8 Å². The zero-order valence-electron chi connectivity index (χ0n) is 18.4. The molecule has 7 nitrogen and oxygen atoms in total. The predicted octanol–water partition coefficient (Wildman–Crippen LogP) is 4.37. The highest BCUT2D eigenvalue weighted by Gasteiger charge is 2.07. The number of hydrogen-bond acceptors (Lipinski definition) is 7. The molecule has 0 aliphatic carbocycles. The Morgan fingerprint density at radius 1 is 1.00 bits per heavy atom. The van der Waals surface area contributed by atoms with Crippen molar-refractivity contribution < 1.29 is 14.6 Å². The Balaban J connectivity index is 1.56. The van der Waals surface area contributed by atoms with Crippen LogP contribution in [-0.2, 0) is 0 Å². The molecule has 31 heavy (non-hydrogen) atoms. The second kappa shape index (κ2) is 10.7. The molecule has 164 valence electrons. The maximum absolute atomic E-state index is 9.95. The average Bonchev–Trinajstić information content (AvgIpc) is 2.74. The predicted molar refractivity (Wildman–Crippen MR) is 122 cm³/mol. The van der Waals surface area contributed by atoms with E-state index in [1.807, 2.05) is 70.2 Å². The lowest BCUT2D eigenvalue weighted by atomic mass is 10.3. The molecular weight excluding hydrogens is 392 g/mol. The summed E-state index contributed by atoms with van der Waals surface area (Å²) in [5.74, 6) is 2.76. The van der Waals surface area contributed by atoms with Gasteiger partial charge in [0.15, 0.2) is 0 Å². The molecule has 3 N–H and O–H groups in total. The molecule has 0 fully saturated rings. The molecule has 2 aromatic heterocycles. The van der Waals surface area contributed by atoms with E-state index in [2.05, 4.69) is 20.6 Å². The topological polar surface area (TPSA) is 88.5 Å². The molecule has 0 bridgehead atoms. The first kappa shape index (κ1) is 22.5. The molecule has 1 aromatic carbocycles. The quantitative estimate of drug-likeness (QED) is 0.447. The van der Waals surface area contributed by atoms with Crippen LogP contribution in [0.25, 0.3) is 0 Å². The molecule has 3 aromatic rings. The molecule has 0 aliphatic rings. The number of aliphatic hydroxyl groups is 1. The van der Waals surface area contributed by atoms with Crippen molar-refractivity contribution in [2.45, 2.75) is 39.8 Å². The summed E-state index contributed by atoms with van der Waals surface area (Å²) in [5.41, 5.74) is 2.66. The van der Waals surface area contributed by atoms with Crippen molar-refractivity contribution >= 4 is 11.5 Å². The Labute approximate surface area is 183 Å². The van der Waals surface area contributed by atoms with E-state index in [4.69, 9.17) is 9.47 Å². The van der Waals surface area contributed by atoms with Gasteiger partial charge < -0.3 is 25.2 Å². The summed E-state index contributed by atoms with van der Waals surface area (Å²) in [6.07, 6.45) is 1.14. The summed E-state index contributed by atoms with van der Waals surface area (Å²) in [5, 5.41) is 16.4. The van der Waals surface area contributed by atoms with Gasteiger partial charge in [0.25, 0.3) is 0 Å². The van der Waals surface area contributed by atoms with Crippen LogP contribution in [0.15, 0.2) is 54.7 Å². The number of anilines is 2. The van der Waals surface area contributed by atoms with E-state index in [9.17, 15) is 5.11 Å². The maximum atomic E-state index is 9.95. The summed E-state index contributed by atoms with van der Waals surface area (Å²) in [4.78, 5) is 8.78. The normalized spacial score (nSPS) is 11.9. The van der Waals surface area contributed by atoms with Crippen LogP contribution in [0.4, 0.5) is 11.5 Å². The highest BCUT2D eigenvalue weighted by molar-refractivity contribution is 5.58. The Bertz CT molecular complexity index is 977. The number of nitrogens with zero attached hydrogens (tertiary/aromatic N) is 2. The van der Waals surface area contributed by atoms with E-state index in [0.29, 0.717) is 29.9 Å². The molecule has 2 heterocycles. The lowest BCUT2D eigenvalue weighted by Crippen LogP contribution is -2.35. The fraction of sp³-hybridized carbons (Fsp3) is 0.333. The van der Waals surface area contributed by atoms with Crippen LogP contribution in [0.3, 0.4) is 0 Å². The average molecular weight is 423 g/mol. The van der Waals surface area contributed by atoms with Crippen molar-refractivity contribution in [3.8, 4) is 17.2 Å². The van der Waals surface area contributed by atoms with Crippen molar-refractivity contribution in [3.05, 3.63) is 66.1 Å². The number of ether oxygens (including phenoxy) is 2. The lowest BCUT2D eigenvalue weighted by Gasteiger charge is -2.15. The van der Waals surface area contributed by atoms with Crippen LogP contribution >= 0.6 is 0 Å². The van der Waals surface area contributed by atoms with Gasteiger partial charge >= 0.3 is 0 Å². The second-order valence-electron chi connectivity index (χ2n) is 7.69. The van der Waals surface area contributed by atoms with Gasteiger partial charge in [-0.05, 0) is 56.3 Å². The van der Waals surface area contributed by atoms with Gasteiger partial charge in [0, 0.05) is 36.2 Å². The summed E-state index contributed by atoms with van der Waals surface area (Å²) in [7, 11) is 0. The number of rotatable bonds is 10. The Morgan fingerprint density at radius 3 is 2.48 bits per heavy atom. The Hall–Kier alpha value is -3.16. The number of hydrogen-bond donors (Lipinski definition) is 3. The molecule has 0 saturated heterocycles. The van der Waals surface area contributed by atoms with Gasteiger partial charge in [-0.25, -0.2) is 4.98 Å². The van der Waals surface area contributed by atoms with Crippen LogP contribution < -0.4 is 20.1 Å². The highest BCUT2D eigenvalue weighted by atomic mass is 16.5. The zero-order chi connectivity index (χ0) is 22.2. The number of aliphatic hydroxyl groups excluding tert-OH is 1. The van der Waals surface area contributed by atoms with Gasteiger partial charge in [-0.1, -0.05) is 13.8 Å². The third-order valence-electron chi connectivity index (χ3n) is 4.47. The maximum Gasteiger partial charge on any atom is 0.148 e. The minimum absolute atomic E-state index is 0.237. The lowest BCUT2D eigenvalue weighted by molar-refractivity contribution is 0.104. The molecular formula is C24H30N4O3. The Kier molecular flexibility index (Phi) is 7.81. The molecule has 1 atom stereocenters. The van der Waals surface area contributed by atoms with Gasteiger partial charge in [0.05, 0.1) is 5.69 Å². The summed E-state index contributed by atoms with van der Waals surface area (Å²) in [6.45, 7) is 8.69. The fourth-order valence-electron chi connectivity index (χ4n) is 2.86. The Morgan fingerprint density at radius 2 is 1.77 bits per heavy atom. The van der Waals surface area contributed by atoms with Gasteiger partial charge in [0.1, 0.15) is 35.8 Å². The second-order valence-corrected chi connectivity index (χ2v) is 7.69. The first-order valence-corrected chi connectivity index (χ1v) is 10.4. The molecule has 1 unspecified atom stereocenters.